The van der Waals surface area contributed by atoms with Crippen LogP contribution in [0.5, 0.6) is 0 Å². The molecule has 0 unspecified atom stereocenters. The van der Waals surface area contributed by atoms with Gasteiger partial charge in [-0.1, -0.05) is 32.6 Å². The monoisotopic (exact) mass is 289 g/mol. The molecule has 118 valence electrons. The van der Waals surface area contributed by atoms with Gasteiger partial charge in [0, 0.05) is 25.8 Å². The van der Waals surface area contributed by atoms with Crippen LogP contribution in [-0.4, -0.2) is 43.1 Å². The van der Waals surface area contributed by atoms with E-state index in [-0.39, 0.29) is 0 Å². The molecular formula is C18H31N3. The predicted molar refractivity (Wildman–Crippen MR) is 91.0 cm³/mol. The van der Waals surface area contributed by atoms with E-state index in [0.29, 0.717) is 0 Å². The molecule has 0 saturated carbocycles. The maximum atomic E-state index is 4.47. The van der Waals surface area contributed by atoms with Crippen molar-refractivity contribution < 1.29 is 0 Å². The predicted octanol–water partition coefficient (Wildman–Crippen LogP) is 3.74. The molecule has 21 heavy (non-hydrogen) atoms. The van der Waals surface area contributed by atoms with Gasteiger partial charge in [0.2, 0.25) is 0 Å². The highest BCUT2D eigenvalue weighted by Crippen LogP contribution is 2.18. The Labute approximate surface area is 130 Å². The lowest BCUT2D eigenvalue weighted by molar-refractivity contribution is 0.360. The molecule has 0 aliphatic carbocycles. The molecule has 0 spiro atoms. The average molecular weight is 289 g/mol. The van der Waals surface area contributed by atoms with Gasteiger partial charge in [0.15, 0.2) is 0 Å². The minimum absolute atomic E-state index is 1.12. The van der Waals surface area contributed by atoms with Crippen LogP contribution in [0.4, 0.5) is 5.69 Å². The van der Waals surface area contributed by atoms with Crippen LogP contribution in [0.2, 0.25) is 0 Å². The van der Waals surface area contributed by atoms with Crippen molar-refractivity contribution in [3.8, 4) is 0 Å². The Morgan fingerprint density at radius 2 is 1.86 bits per heavy atom. The first-order chi connectivity index (χ1) is 10.3. The van der Waals surface area contributed by atoms with Crippen LogP contribution in [0.15, 0.2) is 18.5 Å². The van der Waals surface area contributed by atoms with Crippen molar-refractivity contribution in [2.24, 2.45) is 0 Å². The molecule has 0 radical (unpaired) electrons. The van der Waals surface area contributed by atoms with E-state index in [4.69, 9.17) is 0 Å². The molecule has 3 nitrogen and oxygen atoms in total. The van der Waals surface area contributed by atoms with Crippen LogP contribution in [0.25, 0.3) is 0 Å². The fraction of sp³-hybridized carbons (Fsp3) is 0.722. The molecule has 1 aliphatic rings. The third kappa shape index (κ3) is 5.66. The maximum absolute atomic E-state index is 4.47. The van der Waals surface area contributed by atoms with Crippen molar-refractivity contribution in [1.82, 2.24) is 9.88 Å². The first-order valence-electron chi connectivity index (χ1n) is 8.67. The Balaban J connectivity index is 1.85. The molecule has 0 aromatic carbocycles. The number of anilines is 1. The van der Waals surface area contributed by atoms with E-state index < -0.39 is 0 Å². The summed E-state index contributed by atoms with van der Waals surface area (Å²) in [6.07, 6.45) is 13.2. The maximum Gasteiger partial charge on any atom is 0.0555 e. The number of nitrogens with zero attached hydrogens (tertiary/aromatic N) is 3. The minimum Gasteiger partial charge on any atom is -0.369 e. The highest BCUT2D eigenvalue weighted by atomic mass is 15.2. The van der Waals surface area contributed by atoms with Crippen LogP contribution in [-0.2, 0) is 6.42 Å². The lowest BCUT2D eigenvalue weighted by atomic mass is 10.1. The van der Waals surface area contributed by atoms with Gasteiger partial charge in [0.25, 0.3) is 0 Å². The number of aromatic nitrogens is 1. The zero-order valence-electron chi connectivity index (χ0n) is 13.9. The highest BCUT2D eigenvalue weighted by Gasteiger charge is 2.13. The van der Waals surface area contributed by atoms with Crippen molar-refractivity contribution in [3.05, 3.63) is 24.0 Å². The number of likely N-dealkylation sites (N-methyl/N-ethyl adjacent to an activating group) is 1. The highest BCUT2D eigenvalue weighted by molar-refractivity contribution is 5.46. The molecule has 1 aliphatic heterocycles. The first-order valence-corrected chi connectivity index (χ1v) is 8.67. The minimum atomic E-state index is 1.12. The lowest BCUT2D eigenvalue weighted by Gasteiger charge is -2.22. The quantitative estimate of drug-likeness (QED) is 0.713. The zero-order chi connectivity index (χ0) is 14.9. The Bertz CT molecular complexity index is 405. The molecule has 1 aromatic rings. The molecule has 2 heterocycles. The fourth-order valence-electron chi connectivity index (χ4n) is 3.02. The second-order valence-corrected chi connectivity index (χ2v) is 6.36. The summed E-state index contributed by atoms with van der Waals surface area (Å²) in [6.45, 7) is 6.92. The van der Waals surface area contributed by atoms with E-state index in [1.54, 1.807) is 0 Å². The summed E-state index contributed by atoms with van der Waals surface area (Å²) < 4.78 is 0. The van der Waals surface area contributed by atoms with Gasteiger partial charge in [0.05, 0.1) is 11.9 Å². The molecule has 1 saturated heterocycles. The first kappa shape index (κ1) is 16.3. The van der Waals surface area contributed by atoms with Gasteiger partial charge >= 0.3 is 0 Å². The number of aryl methyl sites for hydroxylation is 1. The third-order valence-electron chi connectivity index (χ3n) is 4.43. The summed E-state index contributed by atoms with van der Waals surface area (Å²) in [5, 5.41) is 0. The standard InChI is InChI=1S/C18H31N3/c1-3-4-5-6-7-9-17-14-18(16-19-15-17)21-11-8-10-20(2)12-13-21/h14-16H,3-13H2,1-2H3. The molecule has 1 aromatic heterocycles. The summed E-state index contributed by atoms with van der Waals surface area (Å²) in [5.74, 6) is 0. The van der Waals surface area contributed by atoms with Gasteiger partial charge in [-0.15, -0.1) is 0 Å². The van der Waals surface area contributed by atoms with Crippen molar-refractivity contribution in [2.45, 2.75) is 51.9 Å². The van der Waals surface area contributed by atoms with E-state index in [9.17, 15) is 0 Å². The van der Waals surface area contributed by atoms with E-state index in [0.717, 1.165) is 19.6 Å². The van der Waals surface area contributed by atoms with Crippen LogP contribution >= 0.6 is 0 Å². The summed E-state index contributed by atoms with van der Waals surface area (Å²) in [5.41, 5.74) is 2.72. The molecule has 0 atom stereocenters. The largest absolute Gasteiger partial charge is 0.369 e. The average Bonchev–Trinajstić information content (AvgIpc) is 2.72. The Kier molecular flexibility index (Phi) is 7.01. The van der Waals surface area contributed by atoms with Crippen LogP contribution in [0.1, 0.15) is 51.0 Å². The van der Waals surface area contributed by atoms with Crippen LogP contribution in [0.3, 0.4) is 0 Å². The number of hydrogen-bond acceptors (Lipinski definition) is 3. The molecule has 1 fully saturated rings. The normalized spacial score (nSPS) is 17.0. The summed E-state index contributed by atoms with van der Waals surface area (Å²) in [4.78, 5) is 9.39. The van der Waals surface area contributed by atoms with Crippen molar-refractivity contribution >= 4 is 5.69 Å². The second-order valence-electron chi connectivity index (χ2n) is 6.36. The molecular weight excluding hydrogens is 258 g/mol. The zero-order valence-corrected chi connectivity index (χ0v) is 13.9. The summed E-state index contributed by atoms with van der Waals surface area (Å²) in [7, 11) is 2.22. The number of rotatable bonds is 7. The number of pyridine rings is 1. The Hall–Kier alpha value is -1.09. The molecule has 0 bridgehead atoms. The van der Waals surface area contributed by atoms with Crippen molar-refractivity contribution in [1.29, 1.82) is 0 Å². The lowest BCUT2D eigenvalue weighted by Crippen LogP contribution is -2.28. The van der Waals surface area contributed by atoms with Gasteiger partial charge in [-0.3, -0.25) is 4.98 Å². The third-order valence-corrected chi connectivity index (χ3v) is 4.43. The van der Waals surface area contributed by atoms with Gasteiger partial charge in [-0.25, -0.2) is 0 Å². The van der Waals surface area contributed by atoms with E-state index in [2.05, 4.69) is 34.8 Å². The fourth-order valence-corrected chi connectivity index (χ4v) is 3.02. The van der Waals surface area contributed by atoms with Gasteiger partial charge < -0.3 is 9.80 Å². The van der Waals surface area contributed by atoms with E-state index in [1.165, 1.54) is 62.7 Å². The number of hydrogen-bond donors (Lipinski definition) is 0. The van der Waals surface area contributed by atoms with Crippen LogP contribution < -0.4 is 4.90 Å². The molecule has 0 amide bonds. The second kappa shape index (κ2) is 9.04. The Morgan fingerprint density at radius 3 is 2.71 bits per heavy atom. The van der Waals surface area contributed by atoms with Crippen molar-refractivity contribution in [3.63, 3.8) is 0 Å². The van der Waals surface area contributed by atoms with Gasteiger partial charge in [-0.05, 0) is 44.5 Å². The smallest absolute Gasteiger partial charge is 0.0555 e. The summed E-state index contributed by atoms with van der Waals surface area (Å²) >= 11 is 0. The molecule has 2 rings (SSSR count). The number of unbranched alkanes of at least 4 members (excludes halogenated alkanes) is 4. The van der Waals surface area contributed by atoms with Crippen LogP contribution in [0, 0.1) is 0 Å². The summed E-state index contributed by atoms with van der Waals surface area (Å²) in [6, 6.07) is 2.36. The molecule has 3 heteroatoms. The van der Waals surface area contributed by atoms with E-state index >= 15 is 0 Å². The topological polar surface area (TPSA) is 19.4 Å². The SMILES string of the molecule is CCCCCCCc1cncc(N2CCCN(C)CC2)c1. The van der Waals surface area contributed by atoms with Gasteiger partial charge in [0.1, 0.15) is 0 Å². The molecule has 0 N–H and O–H groups in total. The van der Waals surface area contributed by atoms with E-state index in [1.807, 2.05) is 12.4 Å². The van der Waals surface area contributed by atoms with Crippen molar-refractivity contribution in [2.75, 3.05) is 38.1 Å². The Morgan fingerprint density at radius 1 is 1.00 bits per heavy atom. The van der Waals surface area contributed by atoms with Gasteiger partial charge in [-0.2, -0.15) is 0 Å².